The third kappa shape index (κ3) is 7.24. The van der Waals surface area contributed by atoms with Gasteiger partial charge < -0.3 is 14.8 Å². The summed E-state index contributed by atoms with van der Waals surface area (Å²) in [5.74, 6) is 1.43. The molecule has 0 aromatic heterocycles. The Bertz CT molecular complexity index is 1100. The van der Waals surface area contributed by atoms with E-state index in [1.165, 1.54) is 17.7 Å². The minimum absolute atomic E-state index is 0. The maximum Gasteiger partial charge on any atom is 0.238 e. The first-order chi connectivity index (χ1) is 14.9. The molecule has 3 rings (SSSR count). The SMILES string of the molecule is COc1cccc(CNCCc2ccc(S(N)(=O)=O)cc2)c1OCc1ccc(C)cc1.Cl. The van der Waals surface area contributed by atoms with Gasteiger partial charge in [-0.2, -0.15) is 0 Å². The number of halogens is 1. The van der Waals surface area contributed by atoms with Crippen molar-refractivity contribution < 1.29 is 17.9 Å². The summed E-state index contributed by atoms with van der Waals surface area (Å²) in [5, 5.41) is 8.55. The molecule has 0 amide bonds. The molecular formula is C24H29ClN2O4S. The standard InChI is InChI=1S/C24H28N2O4S.ClH/c1-18-6-8-20(9-7-18)17-30-24-21(4-3-5-23(24)29-2)16-26-15-14-19-10-12-22(13-11-19)31(25,27)28;/h3-13,26H,14-17H2,1-2H3,(H2,25,27,28);1H. The molecule has 32 heavy (non-hydrogen) atoms. The van der Waals surface area contributed by atoms with Crippen molar-refractivity contribution in [3.63, 3.8) is 0 Å². The van der Waals surface area contributed by atoms with Crippen LogP contribution in [0.4, 0.5) is 0 Å². The molecule has 0 atom stereocenters. The van der Waals surface area contributed by atoms with Gasteiger partial charge in [0.1, 0.15) is 6.61 Å². The lowest BCUT2D eigenvalue weighted by molar-refractivity contribution is 0.280. The highest BCUT2D eigenvalue weighted by molar-refractivity contribution is 7.89. The topological polar surface area (TPSA) is 90.6 Å². The Morgan fingerprint density at radius 1 is 0.938 bits per heavy atom. The van der Waals surface area contributed by atoms with Crippen molar-refractivity contribution in [2.75, 3.05) is 13.7 Å². The first-order valence-corrected chi connectivity index (χ1v) is 11.6. The van der Waals surface area contributed by atoms with Gasteiger partial charge in [0, 0.05) is 12.1 Å². The summed E-state index contributed by atoms with van der Waals surface area (Å²) >= 11 is 0. The van der Waals surface area contributed by atoms with E-state index in [9.17, 15) is 8.42 Å². The van der Waals surface area contributed by atoms with E-state index in [2.05, 4.69) is 36.5 Å². The number of benzene rings is 3. The fourth-order valence-corrected chi connectivity index (χ4v) is 3.68. The number of hydrogen-bond acceptors (Lipinski definition) is 5. The van der Waals surface area contributed by atoms with Crippen LogP contribution in [0.15, 0.2) is 71.6 Å². The summed E-state index contributed by atoms with van der Waals surface area (Å²) in [4.78, 5) is 0.121. The minimum atomic E-state index is -3.66. The minimum Gasteiger partial charge on any atom is -0.493 e. The molecule has 0 radical (unpaired) electrons. The van der Waals surface area contributed by atoms with E-state index in [0.29, 0.717) is 18.9 Å². The summed E-state index contributed by atoms with van der Waals surface area (Å²) in [5.41, 5.74) is 4.35. The van der Waals surface area contributed by atoms with Crippen LogP contribution in [-0.2, 0) is 29.6 Å². The van der Waals surface area contributed by atoms with E-state index in [1.54, 1.807) is 19.2 Å². The molecule has 6 nitrogen and oxygen atoms in total. The van der Waals surface area contributed by atoms with Crippen LogP contribution < -0.4 is 19.9 Å². The van der Waals surface area contributed by atoms with Crippen molar-refractivity contribution in [1.82, 2.24) is 5.32 Å². The number of nitrogens with two attached hydrogens (primary N) is 1. The van der Waals surface area contributed by atoms with Gasteiger partial charge in [0.25, 0.3) is 0 Å². The largest absolute Gasteiger partial charge is 0.493 e. The zero-order chi connectivity index (χ0) is 22.3. The molecule has 0 aliphatic heterocycles. The molecule has 0 aliphatic rings. The first-order valence-electron chi connectivity index (χ1n) is 10.0. The third-order valence-corrected chi connectivity index (χ3v) is 5.87. The van der Waals surface area contributed by atoms with Gasteiger partial charge in [0.2, 0.25) is 10.0 Å². The number of aryl methyl sites for hydroxylation is 1. The summed E-state index contributed by atoms with van der Waals surface area (Å²) in [6, 6.07) is 20.7. The molecule has 8 heteroatoms. The average molecular weight is 477 g/mol. The molecule has 3 aromatic carbocycles. The lowest BCUT2D eigenvalue weighted by Gasteiger charge is -2.16. The van der Waals surface area contributed by atoms with Gasteiger partial charge in [-0.3, -0.25) is 0 Å². The normalized spacial score (nSPS) is 11.0. The van der Waals surface area contributed by atoms with Crippen molar-refractivity contribution >= 4 is 22.4 Å². The molecule has 0 saturated carbocycles. The monoisotopic (exact) mass is 476 g/mol. The molecule has 0 unspecified atom stereocenters. The van der Waals surface area contributed by atoms with Crippen LogP contribution in [0.5, 0.6) is 11.5 Å². The molecule has 3 N–H and O–H groups in total. The highest BCUT2D eigenvalue weighted by Gasteiger charge is 2.11. The van der Waals surface area contributed by atoms with Gasteiger partial charge in [-0.25, -0.2) is 13.6 Å². The Kier molecular flexibility index (Phi) is 9.53. The highest BCUT2D eigenvalue weighted by Crippen LogP contribution is 2.31. The van der Waals surface area contributed by atoms with Crippen LogP contribution in [-0.4, -0.2) is 22.1 Å². The quantitative estimate of drug-likeness (QED) is 0.432. The van der Waals surface area contributed by atoms with Crippen molar-refractivity contribution in [1.29, 1.82) is 0 Å². The first kappa shape index (κ1) is 25.7. The number of para-hydroxylation sites is 1. The number of hydrogen-bond donors (Lipinski definition) is 2. The third-order valence-electron chi connectivity index (χ3n) is 4.94. The number of rotatable bonds is 10. The van der Waals surface area contributed by atoms with Gasteiger partial charge in [-0.1, -0.05) is 54.1 Å². The Balaban J connectivity index is 0.00000363. The number of ether oxygens (including phenoxy) is 2. The lowest BCUT2D eigenvalue weighted by Crippen LogP contribution is -2.17. The second-order valence-corrected chi connectivity index (χ2v) is 8.90. The molecule has 172 valence electrons. The number of sulfonamides is 1. The zero-order valence-electron chi connectivity index (χ0n) is 18.2. The number of methoxy groups -OCH3 is 1. The lowest BCUT2D eigenvalue weighted by atomic mass is 10.1. The molecular weight excluding hydrogens is 448 g/mol. The Morgan fingerprint density at radius 2 is 1.59 bits per heavy atom. The van der Waals surface area contributed by atoms with Gasteiger partial charge in [0.05, 0.1) is 12.0 Å². The summed E-state index contributed by atoms with van der Waals surface area (Å²) < 4.78 is 34.3. The fourth-order valence-electron chi connectivity index (χ4n) is 3.17. The number of primary sulfonamides is 1. The maximum atomic E-state index is 11.3. The molecule has 0 spiro atoms. The summed E-state index contributed by atoms with van der Waals surface area (Å²) in [6.07, 6.45) is 0.758. The molecule has 0 saturated heterocycles. The Labute approximate surface area is 196 Å². The highest BCUT2D eigenvalue weighted by atomic mass is 35.5. The molecule has 0 heterocycles. The predicted molar refractivity (Wildman–Crippen MR) is 129 cm³/mol. The van der Waals surface area contributed by atoms with E-state index in [-0.39, 0.29) is 17.3 Å². The van der Waals surface area contributed by atoms with E-state index in [4.69, 9.17) is 14.6 Å². The maximum absolute atomic E-state index is 11.3. The van der Waals surface area contributed by atoms with Crippen LogP contribution in [0.2, 0.25) is 0 Å². The molecule has 0 bridgehead atoms. The van der Waals surface area contributed by atoms with Gasteiger partial charge in [0.15, 0.2) is 11.5 Å². The molecule has 3 aromatic rings. The predicted octanol–water partition coefficient (Wildman–Crippen LogP) is 3.98. The molecule has 0 fully saturated rings. The van der Waals surface area contributed by atoms with E-state index < -0.39 is 10.0 Å². The van der Waals surface area contributed by atoms with Crippen LogP contribution in [0.1, 0.15) is 22.3 Å². The van der Waals surface area contributed by atoms with Crippen molar-refractivity contribution in [2.24, 2.45) is 5.14 Å². The van der Waals surface area contributed by atoms with E-state index in [0.717, 1.165) is 35.4 Å². The second-order valence-electron chi connectivity index (χ2n) is 7.34. The van der Waals surface area contributed by atoms with Gasteiger partial charge in [-0.15, -0.1) is 12.4 Å². The average Bonchev–Trinajstić information content (AvgIpc) is 2.76. The fraction of sp³-hybridized carbons (Fsp3) is 0.250. The zero-order valence-corrected chi connectivity index (χ0v) is 19.8. The second kappa shape index (κ2) is 11.9. The molecule has 0 aliphatic carbocycles. The van der Waals surface area contributed by atoms with Crippen LogP contribution in [0, 0.1) is 6.92 Å². The van der Waals surface area contributed by atoms with Gasteiger partial charge >= 0.3 is 0 Å². The van der Waals surface area contributed by atoms with Gasteiger partial charge in [-0.05, 0) is 49.2 Å². The number of nitrogens with one attached hydrogen (secondary N) is 1. The summed E-state index contributed by atoms with van der Waals surface area (Å²) in [7, 11) is -2.03. The summed E-state index contributed by atoms with van der Waals surface area (Å²) in [6.45, 7) is 3.87. The van der Waals surface area contributed by atoms with Crippen LogP contribution in [0.3, 0.4) is 0 Å². The van der Waals surface area contributed by atoms with E-state index in [1.807, 2.05) is 18.2 Å². The van der Waals surface area contributed by atoms with Crippen LogP contribution >= 0.6 is 12.4 Å². The Hall–Kier alpha value is -2.58. The van der Waals surface area contributed by atoms with Crippen molar-refractivity contribution in [3.8, 4) is 11.5 Å². The van der Waals surface area contributed by atoms with Crippen molar-refractivity contribution in [2.45, 2.75) is 31.4 Å². The van der Waals surface area contributed by atoms with Crippen LogP contribution in [0.25, 0.3) is 0 Å². The van der Waals surface area contributed by atoms with E-state index >= 15 is 0 Å². The smallest absolute Gasteiger partial charge is 0.238 e. The Morgan fingerprint density at radius 3 is 2.22 bits per heavy atom. The van der Waals surface area contributed by atoms with Crippen molar-refractivity contribution in [3.05, 3.63) is 89.0 Å².